The number of benzene rings is 1. The molecule has 1 fully saturated rings. The predicted molar refractivity (Wildman–Crippen MR) is 87.7 cm³/mol. The second-order valence-corrected chi connectivity index (χ2v) is 6.20. The maximum Gasteiger partial charge on any atom is 0.351 e. The molecule has 1 saturated carbocycles. The van der Waals surface area contributed by atoms with E-state index in [1.165, 1.54) is 6.07 Å². The van der Waals surface area contributed by atoms with E-state index in [1.807, 2.05) is 0 Å². The highest BCUT2D eigenvalue weighted by Gasteiger charge is 2.43. The van der Waals surface area contributed by atoms with Crippen molar-refractivity contribution in [2.24, 2.45) is 5.92 Å². The first-order valence-electron chi connectivity index (χ1n) is 7.85. The number of rotatable bonds is 5. The van der Waals surface area contributed by atoms with Gasteiger partial charge in [0.25, 0.3) is 5.91 Å². The fourth-order valence-corrected chi connectivity index (χ4v) is 2.62. The Morgan fingerprint density at radius 1 is 1.40 bits per heavy atom. The third-order valence-corrected chi connectivity index (χ3v) is 4.22. The van der Waals surface area contributed by atoms with Crippen LogP contribution < -0.4 is 10.9 Å². The van der Waals surface area contributed by atoms with E-state index in [0.717, 1.165) is 12.8 Å². The number of nitrogens with one attached hydrogen (secondary N) is 1. The lowest BCUT2D eigenvalue weighted by Gasteiger charge is -2.22. The molecule has 1 aromatic carbocycles. The summed E-state index contributed by atoms with van der Waals surface area (Å²) in [5.74, 6) is -1.42. The van der Waals surface area contributed by atoms with Gasteiger partial charge in [-0.3, -0.25) is 4.79 Å². The molecular formula is C18H16N2O5. The fraction of sp³-hybridized carbons (Fsp3) is 0.333. The molecule has 0 radical (unpaired) electrons. The van der Waals surface area contributed by atoms with Gasteiger partial charge in [-0.05, 0) is 37.8 Å². The number of nitrogens with zero attached hydrogens (tertiary/aromatic N) is 1. The Morgan fingerprint density at radius 2 is 2.12 bits per heavy atom. The Labute approximate surface area is 143 Å². The minimum absolute atomic E-state index is 0.115. The Hall–Kier alpha value is -3.14. The van der Waals surface area contributed by atoms with Crippen LogP contribution in [0.5, 0.6) is 0 Å². The molecule has 0 spiro atoms. The summed E-state index contributed by atoms with van der Waals surface area (Å²) in [6.45, 7) is 1.07. The van der Waals surface area contributed by atoms with Gasteiger partial charge < -0.3 is 14.5 Å². The number of nitriles is 1. The van der Waals surface area contributed by atoms with Gasteiger partial charge in [0.05, 0.1) is 6.07 Å². The average molecular weight is 340 g/mol. The zero-order valence-corrected chi connectivity index (χ0v) is 13.6. The van der Waals surface area contributed by atoms with E-state index >= 15 is 0 Å². The van der Waals surface area contributed by atoms with Gasteiger partial charge in [0.1, 0.15) is 16.7 Å². The summed E-state index contributed by atoms with van der Waals surface area (Å²) in [6, 6.07) is 10.2. The van der Waals surface area contributed by atoms with Crippen LogP contribution in [0.4, 0.5) is 0 Å². The van der Waals surface area contributed by atoms with Crippen molar-refractivity contribution in [3.8, 4) is 6.07 Å². The number of esters is 1. The topological polar surface area (TPSA) is 109 Å². The molecule has 7 nitrogen and oxygen atoms in total. The van der Waals surface area contributed by atoms with Crippen molar-refractivity contribution in [3.05, 3.63) is 46.3 Å². The van der Waals surface area contributed by atoms with Gasteiger partial charge in [0.2, 0.25) is 0 Å². The standard InChI is InChI=1S/C18H16N2O5/c1-18(10-19,12-6-7-12)20-15(21)9-24-16(22)13-8-11-4-2-3-5-14(11)25-17(13)23/h2-5,8,12H,6-7,9H2,1H3,(H,20,21)/t18-/m1/s1. The summed E-state index contributed by atoms with van der Waals surface area (Å²) < 4.78 is 9.95. The maximum absolute atomic E-state index is 12.1. The summed E-state index contributed by atoms with van der Waals surface area (Å²) in [5.41, 5.74) is -1.72. The SMILES string of the molecule is C[C@](C#N)(NC(=O)COC(=O)c1cc2ccccc2oc1=O)C1CC1. The quantitative estimate of drug-likeness (QED) is 0.656. The molecule has 0 aliphatic heterocycles. The van der Waals surface area contributed by atoms with E-state index < -0.39 is 29.6 Å². The second-order valence-electron chi connectivity index (χ2n) is 6.20. The van der Waals surface area contributed by atoms with Gasteiger partial charge in [0.15, 0.2) is 6.61 Å². The van der Waals surface area contributed by atoms with Gasteiger partial charge >= 0.3 is 11.6 Å². The van der Waals surface area contributed by atoms with Crippen LogP contribution in [0.25, 0.3) is 11.0 Å². The number of hydrogen-bond donors (Lipinski definition) is 1. The summed E-state index contributed by atoms with van der Waals surface area (Å²) in [5, 5.41) is 12.4. The highest BCUT2D eigenvalue weighted by atomic mass is 16.5. The Bertz CT molecular complexity index is 938. The molecule has 0 saturated heterocycles. The normalized spacial score (nSPS) is 15.8. The van der Waals surface area contributed by atoms with Gasteiger partial charge in [0, 0.05) is 5.39 Å². The van der Waals surface area contributed by atoms with Crippen LogP contribution in [0.3, 0.4) is 0 Å². The second kappa shape index (κ2) is 6.40. The fourth-order valence-electron chi connectivity index (χ4n) is 2.62. The van der Waals surface area contributed by atoms with Crippen LogP contribution in [-0.2, 0) is 9.53 Å². The number of amides is 1. The third kappa shape index (κ3) is 3.53. The van der Waals surface area contributed by atoms with E-state index in [0.29, 0.717) is 11.0 Å². The monoisotopic (exact) mass is 340 g/mol. The summed E-state index contributed by atoms with van der Waals surface area (Å²) >= 11 is 0. The van der Waals surface area contributed by atoms with E-state index in [-0.39, 0.29) is 11.5 Å². The van der Waals surface area contributed by atoms with Crippen molar-refractivity contribution in [2.45, 2.75) is 25.3 Å². The van der Waals surface area contributed by atoms with Crippen molar-refractivity contribution in [3.63, 3.8) is 0 Å². The number of para-hydroxylation sites is 1. The molecular weight excluding hydrogens is 324 g/mol. The smallest absolute Gasteiger partial charge is 0.351 e. The van der Waals surface area contributed by atoms with E-state index in [4.69, 9.17) is 9.15 Å². The third-order valence-electron chi connectivity index (χ3n) is 4.22. The molecule has 1 atom stereocenters. The van der Waals surface area contributed by atoms with Crippen molar-refractivity contribution in [2.75, 3.05) is 6.61 Å². The molecule has 1 aliphatic rings. The van der Waals surface area contributed by atoms with Gasteiger partial charge in [-0.1, -0.05) is 18.2 Å². The number of carbonyl (C=O) groups excluding carboxylic acids is 2. The van der Waals surface area contributed by atoms with Crippen LogP contribution in [-0.4, -0.2) is 24.0 Å². The van der Waals surface area contributed by atoms with Gasteiger partial charge in [-0.25, -0.2) is 9.59 Å². The van der Waals surface area contributed by atoms with Crippen LogP contribution in [0, 0.1) is 17.2 Å². The highest BCUT2D eigenvalue weighted by molar-refractivity contribution is 5.94. The maximum atomic E-state index is 12.1. The minimum Gasteiger partial charge on any atom is -0.452 e. The van der Waals surface area contributed by atoms with Crippen LogP contribution in [0.2, 0.25) is 0 Å². The molecule has 3 rings (SSSR count). The first kappa shape index (κ1) is 16.7. The number of ether oxygens (including phenoxy) is 1. The minimum atomic E-state index is -0.967. The van der Waals surface area contributed by atoms with Crippen molar-refractivity contribution < 1.29 is 18.7 Å². The van der Waals surface area contributed by atoms with Crippen molar-refractivity contribution in [1.29, 1.82) is 5.26 Å². The zero-order chi connectivity index (χ0) is 18.0. The van der Waals surface area contributed by atoms with E-state index in [9.17, 15) is 19.6 Å². The largest absolute Gasteiger partial charge is 0.452 e. The Balaban J connectivity index is 1.66. The molecule has 1 heterocycles. The molecule has 128 valence electrons. The first-order valence-corrected chi connectivity index (χ1v) is 7.85. The molecule has 1 aliphatic carbocycles. The average Bonchev–Trinajstić information content (AvgIpc) is 3.44. The zero-order valence-electron chi connectivity index (χ0n) is 13.6. The van der Waals surface area contributed by atoms with E-state index in [2.05, 4.69) is 11.4 Å². The molecule has 1 N–H and O–H groups in total. The first-order chi connectivity index (χ1) is 11.9. The van der Waals surface area contributed by atoms with Gasteiger partial charge in [-0.2, -0.15) is 5.26 Å². The molecule has 1 aromatic heterocycles. The van der Waals surface area contributed by atoms with Crippen LogP contribution in [0.1, 0.15) is 30.1 Å². The molecule has 0 bridgehead atoms. The summed E-state index contributed by atoms with van der Waals surface area (Å²) in [4.78, 5) is 35.9. The molecule has 2 aromatic rings. The Kier molecular flexibility index (Phi) is 4.28. The lowest BCUT2D eigenvalue weighted by Crippen LogP contribution is -2.48. The predicted octanol–water partition coefficient (Wildman–Crippen LogP) is 1.76. The molecule has 7 heteroatoms. The van der Waals surface area contributed by atoms with Gasteiger partial charge in [-0.15, -0.1) is 0 Å². The lowest BCUT2D eigenvalue weighted by atomic mass is 9.98. The van der Waals surface area contributed by atoms with E-state index in [1.54, 1.807) is 31.2 Å². The summed E-state index contributed by atoms with van der Waals surface area (Å²) in [7, 11) is 0. The number of fused-ring (bicyclic) bond motifs is 1. The molecule has 25 heavy (non-hydrogen) atoms. The Morgan fingerprint density at radius 3 is 2.80 bits per heavy atom. The van der Waals surface area contributed by atoms with Crippen LogP contribution >= 0.6 is 0 Å². The highest BCUT2D eigenvalue weighted by Crippen LogP contribution is 2.39. The number of carbonyl (C=O) groups is 2. The van der Waals surface area contributed by atoms with Crippen LogP contribution in [0.15, 0.2) is 39.5 Å². The van der Waals surface area contributed by atoms with Crippen molar-refractivity contribution >= 4 is 22.8 Å². The summed E-state index contributed by atoms with van der Waals surface area (Å²) in [6.07, 6.45) is 1.75. The number of hydrogen-bond acceptors (Lipinski definition) is 6. The lowest BCUT2D eigenvalue weighted by molar-refractivity contribution is -0.125. The molecule has 1 amide bonds. The van der Waals surface area contributed by atoms with Crippen molar-refractivity contribution in [1.82, 2.24) is 5.32 Å². The molecule has 0 unspecified atom stereocenters.